The Hall–Kier alpha value is -7.82. The highest BCUT2D eigenvalue weighted by atomic mass is 32.2. The predicted octanol–water partition coefficient (Wildman–Crippen LogP) is 14.5. The monoisotopic (exact) mass is 1270 g/mol. The second kappa shape index (κ2) is 29.7. The van der Waals surface area contributed by atoms with Gasteiger partial charge in [0.2, 0.25) is 16.9 Å². The Morgan fingerprint density at radius 2 is 1.27 bits per heavy atom. The molecule has 1 fully saturated rings. The van der Waals surface area contributed by atoms with Gasteiger partial charge in [0.15, 0.2) is 40.4 Å². The number of aromatic nitrogens is 4. The van der Waals surface area contributed by atoms with E-state index in [1.807, 2.05) is 87.5 Å². The molecule has 0 bridgehead atoms. The first-order valence-electron chi connectivity index (χ1n) is 30.4. The predicted molar refractivity (Wildman–Crippen MR) is 355 cm³/mol. The van der Waals surface area contributed by atoms with Crippen molar-refractivity contribution in [3.8, 4) is 45.9 Å². The summed E-state index contributed by atoms with van der Waals surface area (Å²) in [6.07, 6.45) is 8.10. The number of fused-ring (bicyclic) bond motifs is 1. The van der Waals surface area contributed by atoms with Gasteiger partial charge in [-0.15, -0.1) is 15.3 Å². The molecular formula is C67H83N9O10S3. The fraction of sp³-hybridized carbons (Fsp3) is 0.418. The fourth-order valence-corrected chi connectivity index (χ4v) is 12.8. The molecule has 7 aromatic rings. The number of nitrogens with zero attached hydrogens (tertiary/aromatic N) is 7. The van der Waals surface area contributed by atoms with Gasteiger partial charge in [0.05, 0.1) is 41.4 Å². The maximum Gasteiger partial charge on any atom is 0.316 e. The molecule has 0 spiro atoms. The number of aryl methyl sites for hydroxylation is 2. The lowest BCUT2D eigenvalue weighted by atomic mass is 9.72. The summed E-state index contributed by atoms with van der Waals surface area (Å²) in [5.74, 6) is 4.09. The number of nitrogens with one attached hydrogen (secondary N) is 2. The van der Waals surface area contributed by atoms with Gasteiger partial charge in [-0.3, -0.25) is 9.44 Å². The van der Waals surface area contributed by atoms with Crippen LogP contribution in [0.2, 0.25) is 0 Å². The summed E-state index contributed by atoms with van der Waals surface area (Å²) in [7, 11) is 0. The molecule has 22 heteroatoms. The maximum atomic E-state index is 14.5. The van der Waals surface area contributed by atoms with Gasteiger partial charge in [0.1, 0.15) is 24.7 Å². The van der Waals surface area contributed by atoms with Crippen LogP contribution in [0.15, 0.2) is 130 Å². The van der Waals surface area contributed by atoms with Gasteiger partial charge in [0, 0.05) is 24.7 Å². The zero-order valence-electron chi connectivity index (χ0n) is 53.0. The third-order valence-corrected chi connectivity index (χ3v) is 17.9. The molecule has 2 N–H and O–H groups in total. The van der Waals surface area contributed by atoms with Crippen LogP contribution in [0.5, 0.6) is 34.5 Å². The van der Waals surface area contributed by atoms with E-state index in [2.05, 4.69) is 91.8 Å². The van der Waals surface area contributed by atoms with E-state index in [0.29, 0.717) is 75.4 Å². The van der Waals surface area contributed by atoms with Crippen LogP contribution in [0, 0.1) is 38.0 Å². The number of hydrogen-bond donors (Lipinski definition) is 2. The first kappa shape index (κ1) is 65.6. The van der Waals surface area contributed by atoms with E-state index in [4.69, 9.17) is 41.6 Å². The second-order valence-electron chi connectivity index (χ2n) is 24.6. The maximum absolute atomic E-state index is 14.5. The summed E-state index contributed by atoms with van der Waals surface area (Å²) in [5.41, 5.74) is 5.63. The van der Waals surface area contributed by atoms with Crippen molar-refractivity contribution < 1.29 is 44.1 Å². The van der Waals surface area contributed by atoms with Crippen molar-refractivity contribution in [1.29, 1.82) is 0 Å². The summed E-state index contributed by atoms with van der Waals surface area (Å²) < 4.78 is 92.9. The van der Waals surface area contributed by atoms with Crippen molar-refractivity contribution in [2.75, 3.05) is 53.9 Å². The van der Waals surface area contributed by atoms with Crippen LogP contribution in [0.25, 0.3) is 11.4 Å². The lowest BCUT2D eigenvalue weighted by Crippen LogP contribution is -2.29. The second-order valence-corrected chi connectivity index (χ2v) is 27.4. The molecule has 5 atom stereocenters. The molecule has 4 heterocycles. The van der Waals surface area contributed by atoms with Crippen LogP contribution in [0.1, 0.15) is 129 Å². The largest absolute Gasteiger partial charge is 0.493 e. The number of rotatable bonds is 28. The summed E-state index contributed by atoms with van der Waals surface area (Å²) in [6, 6.07) is 32.6. The first-order valence-corrected chi connectivity index (χ1v) is 33.6. The molecule has 9 rings (SSSR count). The van der Waals surface area contributed by atoms with Gasteiger partial charge in [-0.05, 0) is 164 Å². The van der Waals surface area contributed by atoms with Crippen molar-refractivity contribution in [1.82, 2.24) is 19.9 Å². The SMILES string of the molecule is CCC(C)COc1ccc(OCCOc2ccc(NS(=O)Oc3cc(C(C)(C)CC(C)(C)C)ccc3OCC(C)CC)cc2OS(=O)Nc2c(C)cc(C)c(-c3nnc4n3N=C(OS(=O)c3ccccc3)C4=Nc3ccc(N4CCCCC4)cn3)c2C)cc1. The van der Waals surface area contributed by atoms with Crippen molar-refractivity contribution in [2.45, 2.75) is 132 Å². The number of anilines is 3. The zero-order chi connectivity index (χ0) is 63.4. The van der Waals surface area contributed by atoms with E-state index in [-0.39, 0.29) is 58.9 Å². The van der Waals surface area contributed by atoms with Crippen LogP contribution in [0.3, 0.4) is 0 Å². The number of hydrogen-bond acceptors (Lipinski definition) is 16. The number of ether oxygens (including phenoxy) is 4. The molecule has 89 heavy (non-hydrogen) atoms. The van der Waals surface area contributed by atoms with Crippen molar-refractivity contribution >= 4 is 68.1 Å². The third-order valence-electron chi connectivity index (χ3n) is 15.5. The van der Waals surface area contributed by atoms with Crippen LogP contribution in [-0.2, 0) is 43.2 Å². The Labute approximate surface area is 531 Å². The lowest BCUT2D eigenvalue weighted by Gasteiger charge is -2.33. The van der Waals surface area contributed by atoms with Gasteiger partial charge >= 0.3 is 22.5 Å². The van der Waals surface area contributed by atoms with Crippen molar-refractivity contribution in [2.24, 2.45) is 27.3 Å². The number of aliphatic imine (C=N–C) groups is 1. The van der Waals surface area contributed by atoms with Gasteiger partial charge in [0.25, 0.3) is 5.90 Å². The minimum absolute atomic E-state index is 0.0375. The van der Waals surface area contributed by atoms with Gasteiger partial charge in [-0.1, -0.05) is 105 Å². The minimum atomic E-state index is -2.28. The first-order chi connectivity index (χ1) is 42.6. The number of benzene rings is 5. The average Bonchev–Trinajstić information content (AvgIpc) is 2.57. The van der Waals surface area contributed by atoms with Crippen LogP contribution in [0.4, 0.5) is 22.9 Å². The van der Waals surface area contributed by atoms with Crippen LogP contribution in [-0.4, -0.2) is 83.6 Å². The molecule has 1 saturated heterocycles. The molecule has 0 aliphatic carbocycles. The average molecular weight is 1270 g/mol. The standard InChI is InChI=1S/C67H83N9O10S3/c1-13-44(3)41-82-53-28-26-52(27-29-53)80-35-36-81-55-31-24-50(73-88(78)84-57-38-49(67(11,12)43-66(8,9)10)23-30-56(57)83-42-45(4)14-2)39-58(55)85-89(79)74-61-47(6)37-46(5)60(48(61)7)63-70-71-64-62(65(72-76(63)64)86-87(77)54-21-17-15-18-22-54)69-59-32-25-51(40-68-59)75-33-19-16-20-34-75/h15,17-18,21-32,37-40,44-45,73-74H,13-14,16,19-20,33-36,41-43H2,1-12H3. The number of piperidine rings is 1. The van der Waals surface area contributed by atoms with Crippen molar-refractivity contribution in [3.63, 3.8) is 0 Å². The van der Waals surface area contributed by atoms with E-state index < -0.39 is 33.6 Å². The number of pyridine rings is 1. The van der Waals surface area contributed by atoms with Gasteiger partial charge < -0.3 is 36.4 Å². The van der Waals surface area contributed by atoms with E-state index in [0.717, 1.165) is 73.3 Å². The normalized spacial score (nSPS) is 15.5. The summed E-state index contributed by atoms with van der Waals surface area (Å²) in [5, 5.41) is 14.0. The highest BCUT2D eigenvalue weighted by Gasteiger charge is 2.34. The Bertz CT molecular complexity index is 3700. The van der Waals surface area contributed by atoms with Gasteiger partial charge in [-0.25, -0.2) is 14.2 Å². The quantitative estimate of drug-likeness (QED) is 0.0437. The van der Waals surface area contributed by atoms with Crippen LogP contribution < -0.4 is 41.7 Å². The molecular weight excluding hydrogens is 1190 g/mol. The molecule has 0 radical (unpaired) electrons. The molecule has 2 aliphatic heterocycles. The zero-order valence-corrected chi connectivity index (χ0v) is 55.5. The Morgan fingerprint density at radius 1 is 0.640 bits per heavy atom. The minimum Gasteiger partial charge on any atom is -0.493 e. The third kappa shape index (κ3) is 17.3. The highest BCUT2D eigenvalue weighted by Crippen LogP contribution is 2.42. The van der Waals surface area contributed by atoms with E-state index in [9.17, 15) is 12.6 Å². The molecule has 2 aromatic heterocycles. The Balaban J connectivity index is 0.981. The molecule has 0 saturated carbocycles. The molecule has 2 aliphatic rings. The molecule has 474 valence electrons. The van der Waals surface area contributed by atoms with E-state index in [1.54, 1.807) is 48.7 Å². The molecule has 5 aromatic carbocycles. The highest BCUT2D eigenvalue weighted by molar-refractivity contribution is 7.82. The lowest BCUT2D eigenvalue weighted by molar-refractivity contribution is 0.214. The van der Waals surface area contributed by atoms with Gasteiger partial charge in [-0.2, -0.15) is 13.1 Å². The smallest absolute Gasteiger partial charge is 0.316 e. The summed E-state index contributed by atoms with van der Waals surface area (Å²) >= 11 is -6.40. The molecule has 19 nitrogen and oxygen atoms in total. The molecule has 0 amide bonds. The topological polar surface area (TPSA) is 211 Å². The summed E-state index contributed by atoms with van der Waals surface area (Å²) in [4.78, 5) is 12.3. The summed E-state index contributed by atoms with van der Waals surface area (Å²) in [6.45, 7) is 28.4. The van der Waals surface area contributed by atoms with Crippen LogP contribution >= 0.6 is 0 Å². The Morgan fingerprint density at radius 3 is 1.94 bits per heavy atom. The Kier molecular flexibility index (Phi) is 21.9. The van der Waals surface area contributed by atoms with Crippen molar-refractivity contribution in [3.05, 3.63) is 143 Å². The molecule has 5 unspecified atom stereocenters. The fourth-order valence-electron chi connectivity index (χ4n) is 10.6. The van der Waals surface area contributed by atoms with E-state index in [1.165, 1.54) is 11.1 Å². The van der Waals surface area contributed by atoms with E-state index >= 15 is 0 Å².